The van der Waals surface area contributed by atoms with Crippen molar-refractivity contribution in [1.29, 1.82) is 0 Å². The van der Waals surface area contributed by atoms with Gasteiger partial charge < -0.3 is 15.2 Å². The number of carbonyl (C=O) groups excluding carboxylic acids is 1. The monoisotopic (exact) mass is 297 g/mol. The van der Waals surface area contributed by atoms with Crippen LogP contribution in [0.25, 0.3) is 5.57 Å². The highest BCUT2D eigenvalue weighted by Crippen LogP contribution is 2.29. The molecule has 0 spiro atoms. The second kappa shape index (κ2) is 6.35. The molecule has 0 aliphatic carbocycles. The summed E-state index contributed by atoms with van der Waals surface area (Å²) in [7, 11) is 1.46. The minimum absolute atomic E-state index is 0.0219. The van der Waals surface area contributed by atoms with Crippen LogP contribution >= 0.6 is 0 Å². The quantitative estimate of drug-likeness (QED) is 0.847. The van der Waals surface area contributed by atoms with Gasteiger partial charge in [0.05, 0.1) is 7.11 Å². The molecule has 2 aromatic rings. The standard InChI is InChI=1S/C18H19NO3/c1-11-5-7-15(9-12(11)2)19-18(21)13(3)14-6-8-16(20)17(10-14)22-4/h5-10,20H,3H2,1-2,4H3,(H,19,21). The number of aryl methyl sites for hydroxylation is 2. The summed E-state index contributed by atoms with van der Waals surface area (Å²) in [6.45, 7) is 7.82. The lowest BCUT2D eigenvalue weighted by Crippen LogP contribution is -2.13. The molecule has 0 aliphatic rings. The van der Waals surface area contributed by atoms with Crippen LogP contribution in [0.15, 0.2) is 43.0 Å². The lowest BCUT2D eigenvalue weighted by molar-refractivity contribution is -0.111. The average molecular weight is 297 g/mol. The molecule has 2 rings (SSSR count). The van der Waals surface area contributed by atoms with Crippen molar-refractivity contribution < 1.29 is 14.6 Å². The Balaban J connectivity index is 2.18. The first kappa shape index (κ1) is 15.6. The van der Waals surface area contributed by atoms with Crippen molar-refractivity contribution in [3.8, 4) is 11.5 Å². The van der Waals surface area contributed by atoms with Crippen LogP contribution in [0.3, 0.4) is 0 Å². The Morgan fingerprint density at radius 1 is 1.14 bits per heavy atom. The predicted octanol–water partition coefficient (Wildman–Crippen LogP) is 3.67. The molecule has 0 aliphatic heterocycles. The van der Waals surface area contributed by atoms with Gasteiger partial charge in [-0.1, -0.05) is 18.7 Å². The first-order chi connectivity index (χ1) is 10.4. The van der Waals surface area contributed by atoms with Crippen molar-refractivity contribution in [2.75, 3.05) is 12.4 Å². The van der Waals surface area contributed by atoms with Crippen molar-refractivity contribution >= 4 is 17.2 Å². The summed E-state index contributed by atoms with van der Waals surface area (Å²) in [4.78, 5) is 12.3. The van der Waals surface area contributed by atoms with Crippen molar-refractivity contribution in [2.45, 2.75) is 13.8 Å². The highest BCUT2D eigenvalue weighted by atomic mass is 16.5. The van der Waals surface area contributed by atoms with Gasteiger partial charge in [0.2, 0.25) is 0 Å². The fourth-order valence-electron chi connectivity index (χ4n) is 2.02. The molecule has 4 nitrogen and oxygen atoms in total. The summed E-state index contributed by atoms with van der Waals surface area (Å²) < 4.78 is 5.04. The number of hydrogen-bond acceptors (Lipinski definition) is 3. The van der Waals surface area contributed by atoms with Gasteiger partial charge in [-0.25, -0.2) is 0 Å². The number of phenols is 1. The summed E-state index contributed by atoms with van der Waals surface area (Å²) in [5.41, 5.74) is 3.89. The van der Waals surface area contributed by atoms with Crippen molar-refractivity contribution in [2.24, 2.45) is 0 Å². The normalized spacial score (nSPS) is 10.1. The summed E-state index contributed by atoms with van der Waals surface area (Å²) in [6, 6.07) is 10.4. The van der Waals surface area contributed by atoms with Crippen LogP contribution in [-0.4, -0.2) is 18.1 Å². The molecule has 0 aromatic heterocycles. The zero-order valence-corrected chi connectivity index (χ0v) is 12.9. The molecule has 22 heavy (non-hydrogen) atoms. The largest absolute Gasteiger partial charge is 0.504 e. The lowest BCUT2D eigenvalue weighted by Gasteiger charge is -2.11. The topological polar surface area (TPSA) is 58.6 Å². The van der Waals surface area contributed by atoms with Crippen LogP contribution in [0.4, 0.5) is 5.69 Å². The predicted molar refractivity (Wildman–Crippen MR) is 88.2 cm³/mol. The molecule has 114 valence electrons. The molecule has 0 saturated heterocycles. The number of aromatic hydroxyl groups is 1. The smallest absolute Gasteiger partial charge is 0.255 e. The van der Waals surface area contributed by atoms with Gasteiger partial charge in [0.25, 0.3) is 5.91 Å². The number of ether oxygens (including phenoxy) is 1. The maximum Gasteiger partial charge on any atom is 0.255 e. The van der Waals surface area contributed by atoms with E-state index in [2.05, 4.69) is 11.9 Å². The summed E-state index contributed by atoms with van der Waals surface area (Å²) >= 11 is 0. The minimum Gasteiger partial charge on any atom is -0.504 e. The number of phenolic OH excluding ortho intramolecular Hbond substituents is 1. The van der Waals surface area contributed by atoms with Crippen molar-refractivity contribution in [3.63, 3.8) is 0 Å². The number of hydrogen-bond donors (Lipinski definition) is 2. The molecule has 0 bridgehead atoms. The van der Waals surface area contributed by atoms with E-state index in [1.165, 1.54) is 18.7 Å². The fourth-order valence-corrected chi connectivity index (χ4v) is 2.02. The molecule has 0 saturated carbocycles. The third-order valence-corrected chi connectivity index (χ3v) is 3.57. The molecular formula is C18H19NO3. The lowest BCUT2D eigenvalue weighted by atomic mass is 10.1. The number of benzene rings is 2. The number of amides is 1. The van der Waals surface area contributed by atoms with Crippen LogP contribution in [0.1, 0.15) is 16.7 Å². The Morgan fingerprint density at radius 2 is 1.86 bits per heavy atom. The first-order valence-electron chi connectivity index (χ1n) is 6.87. The van der Waals surface area contributed by atoms with E-state index in [-0.39, 0.29) is 11.7 Å². The van der Waals surface area contributed by atoms with Gasteiger partial charge >= 0.3 is 0 Å². The molecule has 0 fully saturated rings. The number of anilines is 1. The number of rotatable bonds is 4. The zero-order chi connectivity index (χ0) is 16.3. The SMILES string of the molecule is C=C(C(=O)Nc1ccc(C)c(C)c1)c1ccc(O)c(OC)c1. The van der Waals surface area contributed by atoms with Crippen LogP contribution in [0, 0.1) is 13.8 Å². The van der Waals surface area contributed by atoms with Crippen molar-refractivity contribution in [1.82, 2.24) is 0 Å². The molecule has 4 heteroatoms. The van der Waals surface area contributed by atoms with Crippen LogP contribution in [0.5, 0.6) is 11.5 Å². The number of carbonyl (C=O) groups is 1. The van der Waals surface area contributed by atoms with Crippen LogP contribution in [-0.2, 0) is 4.79 Å². The van der Waals surface area contributed by atoms with E-state index in [0.717, 1.165) is 11.3 Å². The maximum absolute atomic E-state index is 12.3. The van der Waals surface area contributed by atoms with E-state index in [4.69, 9.17) is 4.74 Å². The van der Waals surface area contributed by atoms with Gasteiger partial charge in [-0.2, -0.15) is 0 Å². The molecule has 2 N–H and O–H groups in total. The Labute approximate surface area is 130 Å². The molecular weight excluding hydrogens is 278 g/mol. The van der Waals surface area contributed by atoms with Crippen LogP contribution < -0.4 is 10.1 Å². The molecule has 2 aromatic carbocycles. The van der Waals surface area contributed by atoms with Gasteiger partial charge in [0.1, 0.15) is 0 Å². The summed E-state index contributed by atoms with van der Waals surface area (Å²) in [6.07, 6.45) is 0. The highest BCUT2D eigenvalue weighted by molar-refractivity contribution is 6.24. The Bertz CT molecular complexity index is 735. The van der Waals surface area contributed by atoms with E-state index in [1.807, 2.05) is 32.0 Å². The van der Waals surface area contributed by atoms with E-state index in [1.54, 1.807) is 12.1 Å². The third-order valence-electron chi connectivity index (χ3n) is 3.57. The highest BCUT2D eigenvalue weighted by Gasteiger charge is 2.12. The Hall–Kier alpha value is -2.75. The fraction of sp³-hybridized carbons (Fsp3) is 0.167. The number of methoxy groups -OCH3 is 1. The first-order valence-corrected chi connectivity index (χ1v) is 6.87. The second-order valence-electron chi connectivity index (χ2n) is 5.12. The van der Waals surface area contributed by atoms with Crippen LogP contribution in [0.2, 0.25) is 0 Å². The van der Waals surface area contributed by atoms with E-state index in [9.17, 15) is 9.90 Å². The average Bonchev–Trinajstić information content (AvgIpc) is 2.50. The number of nitrogens with one attached hydrogen (secondary N) is 1. The van der Waals surface area contributed by atoms with Gasteiger partial charge in [0, 0.05) is 11.3 Å². The molecule has 0 atom stereocenters. The summed E-state index contributed by atoms with van der Waals surface area (Å²) in [5.74, 6) is 0.0299. The molecule has 0 unspecified atom stereocenters. The van der Waals surface area contributed by atoms with Gasteiger partial charge in [-0.05, 0) is 54.8 Å². The summed E-state index contributed by atoms with van der Waals surface area (Å²) in [5, 5.41) is 12.4. The Morgan fingerprint density at radius 3 is 2.50 bits per heavy atom. The van der Waals surface area contributed by atoms with Crippen molar-refractivity contribution in [3.05, 3.63) is 59.7 Å². The zero-order valence-electron chi connectivity index (χ0n) is 12.9. The molecule has 0 heterocycles. The minimum atomic E-state index is -0.295. The second-order valence-corrected chi connectivity index (χ2v) is 5.12. The molecule has 0 radical (unpaired) electrons. The van der Waals surface area contributed by atoms with Gasteiger partial charge in [-0.15, -0.1) is 0 Å². The molecule has 1 amide bonds. The third kappa shape index (κ3) is 3.28. The van der Waals surface area contributed by atoms with Gasteiger partial charge in [0.15, 0.2) is 11.5 Å². The maximum atomic E-state index is 12.3. The van der Waals surface area contributed by atoms with E-state index < -0.39 is 0 Å². The van der Waals surface area contributed by atoms with E-state index in [0.29, 0.717) is 16.9 Å². The Kier molecular flexibility index (Phi) is 4.51. The van der Waals surface area contributed by atoms with Gasteiger partial charge in [-0.3, -0.25) is 4.79 Å². The van der Waals surface area contributed by atoms with E-state index >= 15 is 0 Å².